The summed E-state index contributed by atoms with van der Waals surface area (Å²) in [6.07, 6.45) is 4.28. The molecule has 0 fully saturated rings. The predicted molar refractivity (Wildman–Crippen MR) is 81.8 cm³/mol. The maximum atomic E-state index is 11.5. The first-order chi connectivity index (χ1) is 8.69. The maximum absolute atomic E-state index is 11.5. The normalized spacial score (nSPS) is 12.6. The second-order valence-electron chi connectivity index (χ2n) is 4.41. The van der Waals surface area contributed by atoms with Gasteiger partial charge in [0.15, 0.2) is 5.16 Å². The summed E-state index contributed by atoms with van der Waals surface area (Å²) in [6, 6.07) is 1.60. The van der Waals surface area contributed by atoms with E-state index in [2.05, 4.69) is 39.7 Å². The van der Waals surface area contributed by atoms with Crippen molar-refractivity contribution >= 4 is 27.7 Å². The Morgan fingerprint density at radius 1 is 1.44 bits per heavy atom. The van der Waals surface area contributed by atoms with Crippen LogP contribution >= 0.6 is 27.7 Å². The zero-order valence-electron chi connectivity index (χ0n) is 11.0. The number of nitrogens with one attached hydrogen (secondary N) is 1. The molecule has 0 saturated carbocycles. The van der Waals surface area contributed by atoms with E-state index in [-0.39, 0.29) is 5.56 Å². The minimum Gasteiger partial charge on any atom is -0.301 e. The number of nitrogens with zero attached hydrogens (tertiary/aromatic N) is 1. The van der Waals surface area contributed by atoms with Crippen LogP contribution in [0.4, 0.5) is 0 Å². The van der Waals surface area contributed by atoms with Gasteiger partial charge < -0.3 is 4.98 Å². The molecule has 1 aromatic rings. The second kappa shape index (κ2) is 8.75. The largest absolute Gasteiger partial charge is 0.301 e. The third kappa shape index (κ3) is 5.57. The van der Waals surface area contributed by atoms with E-state index in [4.69, 9.17) is 0 Å². The Kier molecular flexibility index (Phi) is 7.66. The fraction of sp³-hybridized carbons (Fsp3) is 0.692. The van der Waals surface area contributed by atoms with E-state index < -0.39 is 0 Å². The summed E-state index contributed by atoms with van der Waals surface area (Å²) in [4.78, 5) is 18.8. The minimum absolute atomic E-state index is 0.0400. The molecule has 1 aromatic heterocycles. The highest BCUT2D eigenvalue weighted by molar-refractivity contribution is 9.09. The molecule has 0 saturated heterocycles. The summed E-state index contributed by atoms with van der Waals surface area (Å²) in [7, 11) is 0. The molecule has 0 radical (unpaired) electrons. The number of hydrogen-bond acceptors (Lipinski definition) is 3. The molecule has 0 aliphatic rings. The number of halogens is 1. The van der Waals surface area contributed by atoms with Crippen LogP contribution in [0.1, 0.15) is 38.8 Å². The molecule has 18 heavy (non-hydrogen) atoms. The molecule has 1 N–H and O–H groups in total. The molecule has 0 aliphatic heterocycles. The van der Waals surface area contributed by atoms with Crippen molar-refractivity contribution in [3.8, 4) is 0 Å². The first-order valence-electron chi connectivity index (χ1n) is 6.48. The molecule has 1 heterocycles. The van der Waals surface area contributed by atoms with E-state index in [1.807, 2.05) is 0 Å². The van der Waals surface area contributed by atoms with Crippen LogP contribution in [0.3, 0.4) is 0 Å². The Hall–Kier alpha value is -0.290. The Balaban J connectivity index is 2.63. The van der Waals surface area contributed by atoms with Crippen molar-refractivity contribution in [2.45, 2.75) is 44.7 Å². The zero-order valence-corrected chi connectivity index (χ0v) is 13.4. The minimum atomic E-state index is -0.0400. The van der Waals surface area contributed by atoms with Crippen LogP contribution in [0.5, 0.6) is 0 Å². The standard InChI is InChI=1S/C13H21BrN2OS/c1-3-5-10(8-14)9-18-13-15-11(6-4-2)7-12(17)16-13/h7,10H,3-6,8-9H2,1-2H3,(H,15,16,17). The summed E-state index contributed by atoms with van der Waals surface area (Å²) < 4.78 is 0. The third-order valence-electron chi connectivity index (χ3n) is 2.65. The molecular formula is C13H21BrN2OS. The van der Waals surface area contributed by atoms with Gasteiger partial charge in [-0.25, -0.2) is 4.98 Å². The number of alkyl halides is 1. The van der Waals surface area contributed by atoms with E-state index >= 15 is 0 Å². The fourth-order valence-corrected chi connectivity index (χ4v) is 3.63. The summed E-state index contributed by atoms with van der Waals surface area (Å²) >= 11 is 5.19. The topological polar surface area (TPSA) is 45.8 Å². The van der Waals surface area contributed by atoms with E-state index in [9.17, 15) is 4.79 Å². The van der Waals surface area contributed by atoms with Crippen LogP contribution in [0.15, 0.2) is 16.0 Å². The number of aryl methyl sites for hydroxylation is 1. The van der Waals surface area contributed by atoms with Crippen LogP contribution in [0.25, 0.3) is 0 Å². The van der Waals surface area contributed by atoms with Crippen molar-refractivity contribution in [2.24, 2.45) is 5.92 Å². The molecule has 3 nitrogen and oxygen atoms in total. The Morgan fingerprint density at radius 2 is 2.22 bits per heavy atom. The number of thioether (sulfide) groups is 1. The van der Waals surface area contributed by atoms with E-state index in [0.717, 1.165) is 34.8 Å². The Bertz CT molecular complexity index is 408. The van der Waals surface area contributed by atoms with Gasteiger partial charge in [0.1, 0.15) is 0 Å². The number of rotatable bonds is 8. The number of H-pyrrole nitrogens is 1. The van der Waals surface area contributed by atoms with Gasteiger partial charge >= 0.3 is 0 Å². The summed E-state index contributed by atoms with van der Waals surface area (Å²) in [6.45, 7) is 4.29. The lowest BCUT2D eigenvalue weighted by atomic mass is 10.1. The van der Waals surface area contributed by atoms with Gasteiger partial charge in [-0.3, -0.25) is 4.79 Å². The SMILES string of the molecule is CCCc1cc(=O)[nH]c(SCC(CBr)CCC)n1. The van der Waals surface area contributed by atoms with E-state index in [0.29, 0.717) is 5.92 Å². The first-order valence-corrected chi connectivity index (χ1v) is 8.59. The highest BCUT2D eigenvalue weighted by atomic mass is 79.9. The van der Waals surface area contributed by atoms with Gasteiger partial charge in [0.05, 0.1) is 0 Å². The third-order valence-corrected chi connectivity index (χ3v) is 4.67. The van der Waals surface area contributed by atoms with Gasteiger partial charge in [0.25, 0.3) is 5.56 Å². The lowest BCUT2D eigenvalue weighted by Gasteiger charge is -2.11. The molecule has 1 unspecified atom stereocenters. The molecule has 0 aromatic carbocycles. The van der Waals surface area contributed by atoms with Crippen LogP contribution in [-0.2, 0) is 6.42 Å². The van der Waals surface area contributed by atoms with Gasteiger partial charge in [-0.1, -0.05) is 54.4 Å². The molecular weight excluding hydrogens is 312 g/mol. The lowest BCUT2D eigenvalue weighted by Crippen LogP contribution is -2.11. The first kappa shape index (κ1) is 15.8. The van der Waals surface area contributed by atoms with Gasteiger partial charge in [-0.2, -0.15) is 0 Å². The summed E-state index contributed by atoms with van der Waals surface area (Å²) in [5.74, 6) is 1.64. The average molecular weight is 333 g/mol. The van der Waals surface area contributed by atoms with E-state index in [1.165, 1.54) is 12.8 Å². The van der Waals surface area contributed by atoms with Crippen LogP contribution in [0.2, 0.25) is 0 Å². The maximum Gasteiger partial charge on any atom is 0.251 e. The van der Waals surface area contributed by atoms with Gasteiger partial charge in [0.2, 0.25) is 0 Å². The molecule has 1 rings (SSSR count). The monoisotopic (exact) mass is 332 g/mol. The highest BCUT2D eigenvalue weighted by Crippen LogP contribution is 2.20. The quantitative estimate of drug-likeness (QED) is 0.449. The highest BCUT2D eigenvalue weighted by Gasteiger charge is 2.08. The molecule has 0 amide bonds. The molecule has 102 valence electrons. The number of aromatic amines is 1. The predicted octanol–water partition coefficient (Wildman–Crippen LogP) is 3.63. The molecule has 0 spiro atoms. The Morgan fingerprint density at radius 3 is 2.83 bits per heavy atom. The van der Waals surface area contributed by atoms with Crippen LogP contribution < -0.4 is 5.56 Å². The van der Waals surface area contributed by atoms with E-state index in [1.54, 1.807) is 17.8 Å². The van der Waals surface area contributed by atoms with Crippen molar-refractivity contribution in [3.05, 3.63) is 22.1 Å². The van der Waals surface area contributed by atoms with Gasteiger partial charge in [-0.05, 0) is 18.8 Å². The van der Waals surface area contributed by atoms with Crippen molar-refractivity contribution in [1.29, 1.82) is 0 Å². The van der Waals surface area contributed by atoms with Gasteiger partial charge in [0, 0.05) is 22.8 Å². The molecule has 5 heteroatoms. The van der Waals surface area contributed by atoms with Crippen LogP contribution in [-0.4, -0.2) is 21.1 Å². The van der Waals surface area contributed by atoms with Crippen LogP contribution in [0, 0.1) is 5.92 Å². The summed E-state index contributed by atoms with van der Waals surface area (Å²) in [5, 5.41) is 1.76. The van der Waals surface area contributed by atoms with Crippen molar-refractivity contribution < 1.29 is 0 Å². The molecule has 0 aliphatic carbocycles. The number of hydrogen-bond donors (Lipinski definition) is 1. The average Bonchev–Trinajstić information content (AvgIpc) is 2.34. The Labute approximate surface area is 121 Å². The fourth-order valence-electron chi connectivity index (χ4n) is 1.75. The van der Waals surface area contributed by atoms with Crippen molar-refractivity contribution in [1.82, 2.24) is 9.97 Å². The molecule has 1 atom stereocenters. The zero-order chi connectivity index (χ0) is 13.4. The van der Waals surface area contributed by atoms with Gasteiger partial charge in [-0.15, -0.1) is 0 Å². The lowest BCUT2D eigenvalue weighted by molar-refractivity contribution is 0.597. The number of aromatic nitrogens is 2. The summed E-state index contributed by atoms with van der Waals surface area (Å²) in [5.41, 5.74) is 0.858. The second-order valence-corrected chi connectivity index (χ2v) is 6.07. The van der Waals surface area contributed by atoms with Crippen molar-refractivity contribution in [2.75, 3.05) is 11.1 Å². The smallest absolute Gasteiger partial charge is 0.251 e. The molecule has 0 bridgehead atoms. The van der Waals surface area contributed by atoms with Crippen molar-refractivity contribution in [3.63, 3.8) is 0 Å².